The molecule has 4 heterocycles. The first kappa shape index (κ1) is 30.3. The quantitative estimate of drug-likeness (QED) is 0.182. The maximum absolute atomic E-state index is 6.34. The van der Waals surface area contributed by atoms with Crippen molar-refractivity contribution in [2.75, 3.05) is 0 Å². The molecule has 0 spiro atoms. The van der Waals surface area contributed by atoms with E-state index in [0.717, 1.165) is 76.8 Å². The van der Waals surface area contributed by atoms with Crippen molar-refractivity contribution in [3.63, 3.8) is 0 Å². The fourth-order valence-electron chi connectivity index (χ4n) is 8.33. The Morgan fingerprint density at radius 2 is 1.07 bits per heavy atom. The maximum Gasteiger partial charge on any atom is 0.238 e. The van der Waals surface area contributed by atoms with Crippen molar-refractivity contribution in [3.8, 4) is 39.9 Å². The van der Waals surface area contributed by atoms with Gasteiger partial charge in [-0.2, -0.15) is 9.97 Å². The third-order valence-corrected chi connectivity index (χ3v) is 12.0. The van der Waals surface area contributed by atoms with Crippen LogP contribution in [-0.4, -0.2) is 19.5 Å². The lowest BCUT2D eigenvalue weighted by atomic mass is 9.99. The van der Waals surface area contributed by atoms with E-state index in [1.54, 1.807) is 0 Å². The van der Waals surface area contributed by atoms with Gasteiger partial charge in [-0.3, -0.25) is 4.57 Å². The van der Waals surface area contributed by atoms with Crippen LogP contribution in [-0.2, 0) is 0 Å². The fourth-order valence-corrected chi connectivity index (χ4v) is 9.42. The SMILES string of the molecule is c1ccc(-c2nc(-c3ccc4c(c3)oc3ccccc34)nc(-n3c4c(-c5ccc6sc7ccccc7c6c5)cccc4c4ccc5ccccc5c43)n2)cc1. The Hall–Kier alpha value is -7.15. The highest BCUT2D eigenvalue weighted by Gasteiger charge is 2.23. The predicted molar refractivity (Wildman–Crippen MR) is 228 cm³/mol. The van der Waals surface area contributed by atoms with E-state index in [9.17, 15) is 0 Å². The first-order chi connectivity index (χ1) is 27.2. The van der Waals surface area contributed by atoms with Crippen molar-refractivity contribution in [1.29, 1.82) is 0 Å². The average molecular weight is 721 g/mol. The predicted octanol–water partition coefficient (Wildman–Crippen LogP) is 13.4. The van der Waals surface area contributed by atoms with Gasteiger partial charge in [0.2, 0.25) is 5.95 Å². The van der Waals surface area contributed by atoms with Gasteiger partial charge in [-0.05, 0) is 47.3 Å². The first-order valence-corrected chi connectivity index (χ1v) is 19.2. The summed E-state index contributed by atoms with van der Waals surface area (Å²) in [6.07, 6.45) is 0. The van der Waals surface area contributed by atoms with Crippen molar-refractivity contribution in [2.45, 2.75) is 0 Å². The number of fused-ring (bicyclic) bond motifs is 11. The van der Waals surface area contributed by atoms with Crippen molar-refractivity contribution in [1.82, 2.24) is 19.5 Å². The minimum absolute atomic E-state index is 0.555. The zero-order valence-corrected chi connectivity index (χ0v) is 30.1. The fraction of sp³-hybridized carbons (Fsp3) is 0. The number of rotatable bonds is 4. The number of benzene rings is 8. The van der Waals surface area contributed by atoms with E-state index >= 15 is 0 Å². The van der Waals surface area contributed by atoms with Gasteiger partial charge in [0, 0.05) is 63.8 Å². The highest BCUT2D eigenvalue weighted by Crippen LogP contribution is 2.43. The molecular formula is C49H28N4OS. The number of furan rings is 1. The molecule has 6 heteroatoms. The second kappa shape index (κ2) is 11.7. The minimum atomic E-state index is 0.555. The van der Waals surface area contributed by atoms with Crippen molar-refractivity contribution >= 4 is 86.0 Å². The topological polar surface area (TPSA) is 56.7 Å². The number of para-hydroxylation sites is 2. The zero-order valence-electron chi connectivity index (χ0n) is 29.3. The van der Waals surface area contributed by atoms with Gasteiger partial charge < -0.3 is 4.42 Å². The van der Waals surface area contributed by atoms with Gasteiger partial charge in [-0.25, -0.2) is 4.98 Å². The van der Waals surface area contributed by atoms with E-state index < -0.39 is 0 Å². The van der Waals surface area contributed by atoms with Crippen molar-refractivity contribution in [3.05, 3.63) is 170 Å². The van der Waals surface area contributed by atoms with E-state index in [0.29, 0.717) is 17.6 Å². The van der Waals surface area contributed by atoms with Crippen LogP contribution in [0.4, 0.5) is 0 Å². The van der Waals surface area contributed by atoms with Gasteiger partial charge in [0.1, 0.15) is 11.2 Å². The molecular weight excluding hydrogens is 693 g/mol. The van der Waals surface area contributed by atoms with Crippen LogP contribution >= 0.6 is 11.3 Å². The van der Waals surface area contributed by atoms with Crippen LogP contribution in [0.2, 0.25) is 0 Å². The lowest BCUT2D eigenvalue weighted by Crippen LogP contribution is -2.07. The molecule has 0 fully saturated rings. The maximum atomic E-state index is 6.34. The minimum Gasteiger partial charge on any atom is -0.456 e. The Bertz CT molecular complexity index is 3500. The Balaban J connectivity index is 1.19. The molecule has 5 nitrogen and oxygen atoms in total. The van der Waals surface area contributed by atoms with Crippen LogP contribution in [0, 0.1) is 0 Å². The molecule has 0 unspecified atom stereocenters. The Morgan fingerprint density at radius 3 is 1.98 bits per heavy atom. The number of nitrogens with zero attached hydrogens (tertiary/aromatic N) is 4. The summed E-state index contributed by atoms with van der Waals surface area (Å²) in [5.74, 6) is 1.73. The van der Waals surface area contributed by atoms with Gasteiger partial charge in [0.25, 0.3) is 0 Å². The molecule has 0 aliphatic carbocycles. The number of hydrogen-bond donors (Lipinski definition) is 0. The molecule has 256 valence electrons. The highest BCUT2D eigenvalue weighted by atomic mass is 32.1. The molecule has 8 aromatic carbocycles. The summed E-state index contributed by atoms with van der Waals surface area (Å²) in [6, 6.07) is 59.7. The van der Waals surface area contributed by atoms with Gasteiger partial charge in [-0.1, -0.05) is 133 Å². The normalized spacial score (nSPS) is 12.0. The van der Waals surface area contributed by atoms with E-state index in [-0.39, 0.29) is 0 Å². The van der Waals surface area contributed by atoms with Crippen LogP contribution < -0.4 is 0 Å². The molecule has 0 radical (unpaired) electrons. The van der Waals surface area contributed by atoms with Crippen molar-refractivity contribution < 1.29 is 4.42 Å². The monoisotopic (exact) mass is 720 g/mol. The molecule has 4 aromatic heterocycles. The molecule has 12 rings (SSSR count). The average Bonchev–Trinajstić information content (AvgIpc) is 3.93. The summed E-state index contributed by atoms with van der Waals surface area (Å²) in [7, 11) is 0. The summed E-state index contributed by atoms with van der Waals surface area (Å²) in [4.78, 5) is 15.8. The summed E-state index contributed by atoms with van der Waals surface area (Å²) < 4.78 is 11.2. The largest absolute Gasteiger partial charge is 0.456 e. The summed E-state index contributed by atoms with van der Waals surface area (Å²) >= 11 is 1.84. The molecule has 0 aliphatic rings. The third kappa shape index (κ3) is 4.62. The third-order valence-electron chi connectivity index (χ3n) is 10.9. The van der Waals surface area contributed by atoms with E-state index in [2.05, 4.69) is 138 Å². The molecule has 0 saturated heterocycles. The number of thiophene rings is 1. The summed E-state index contributed by atoms with van der Waals surface area (Å²) in [6.45, 7) is 0. The number of hydrogen-bond acceptors (Lipinski definition) is 5. The van der Waals surface area contributed by atoms with Crippen LogP contribution in [0.25, 0.3) is 115 Å². The smallest absolute Gasteiger partial charge is 0.238 e. The molecule has 55 heavy (non-hydrogen) atoms. The zero-order chi connectivity index (χ0) is 36.0. The lowest BCUT2D eigenvalue weighted by molar-refractivity contribution is 0.669. The van der Waals surface area contributed by atoms with E-state index in [1.807, 2.05) is 47.7 Å². The van der Waals surface area contributed by atoms with E-state index in [4.69, 9.17) is 19.4 Å². The van der Waals surface area contributed by atoms with E-state index in [1.165, 1.54) is 20.2 Å². The second-order valence-corrected chi connectivity index (χ2v) is 15.1. The van der Waals surface area contributed by atoms with Gasteiger partial charge >= 0.3 is 0 Å². The Kier molecular flexibility index (Phi) is 6.44. The van der Waals surface area contributed by atoms with Gasteiger partial charge in [-0.15, -0.1) is 11.3 Å². The Morgan fingerprint density at radius 1 is 0.400 bits per heavy atom. The highest BCUT2D eigenvalue weighted by molar-refractivity contribution is 7.25. The molecule has 0 amide bonds. The van der Waals surface area contributed by atoms with Crippen molar-refractivity contribution in [2.24, 2.45) is 0 Å². The van der Waals surface area contributed by atoms with Crippen LogP contribution in [0.1, 0.15) is 0 Å². The lowest BCUT2D eigenvalue weighted by Gasteiger charge is -2.14. The Labute approximate surface area is 318 Å². The molecule has 12 aromatic rings. The molecule has 0 aliphatic heterocycles. The standard InChI is InChI=1S/C49H28N4OS/c1-2-12-30(13-3-1)47-50-48(32-22-24-36-35-15-6-8-19-41(35)54-42(36)28-32)52-49(51-47)53-45-33-14-5-4-11-29(33)21-25-39(45)38-18-10-17-34(46(38)53)31-23-26-44-40(27-31)37-16-7-9-20-43(37)55-44/h1-28H. The van der Waals surface area contributed by atoms with Crippen LogP contribution in [0.5, 0.6) is 0 Å². The molecule has 0 N–H and O–H groups in total. The number of aromatic nitrogens is 4. The summed E-state index contributed by atoms with van der Waals surface area (Å²) in [5, 5.41) is 9.25. The molecule has 0 bridgehead atoms. The molecule has 0 atom stereocenters. The van der Waals surface area contributed by atoms with Crippen LogP contribution in [0.3, 0.4) is 0 Å². The second-order valence-electron chi connectivity index (χ2n) is 14.0. The first-order valence-electron chi connectivity index (χ1n) is 18.4. The van der Waals surface area contributed by atoms with Gasteiger partial charge in [0.15, 0.2) is 11.6 Å². The van der Waals surface area contributed by atoms with Gasteiger partial charge in [0.05, 0.1) is 11.0 Å². The summed E-state index contributed by atoms with van der Waals surface area (Å²) in [5.41, 5.74) is 7.79. The molecule has 0 saturated carbocycles. The van der Waals surface area contributed by atoms with Crippen LogP contribution in [0.15, 0.2) is 174 Å².